The van der Waals surface area contributed by atoms with Crippen LogP contribution in [0.3, 0.4) is 0 Å². The van der Waals surface area contributed by atoms with Crippen molar-refractivity contribution in [1.82, 2.24) is 10.3 Å². The Balaban J connectivity index is 3.08. The van der Waals surface area contributed by atoms with Crippen molar-refractivity contribution >= 4 is 18.0 Å². The van der Waals surface area contributed by atoms with Gasteiger partial charge in [-0.1, -0.05) is 0 Å². The minimum atomic E-state index is -0.499. The third kappa shape index (κ3) is 3.58. The lowest BCUT2D eigenvalue weighted by molar-refractivity contribution is -0.134. The van der Waals surface area contributed by atoms with Crippen molar-refractivity contribution in [2.45, 2.75) is 0 Å². The van der Waals surface area contributed by atoms with Crippen LogP contribution >= 0.6 is 0 Å². The standard InChI is InChI=1S/C12H14N2O4/c1-13-12(16)10-7-9(17-2)6-8(14-10)4-5-11(15)18-3/h4-7H,1-3H3,(H,13,16)/b5-4+. The van der Waals surface area contributed by atoms with E-state index in [2.05, 4.69) is 15.0 Å². The van der Waals surface area contributed by atoms with Crippen molar-refractivity contribution < 1.29 is 19.1 Å². The highest BCUT2D eigenvalue weighted by Gasteiger charge is 2.08. The minimum Gasteiger partial charge on any atom is -0.497 e. The summed E-state index contributed by atoms with van der Waals surface area (Å²) in [7, 11) is 4.27. The molecular weight excluding hydrogens is 236 g/mol. The van der Waals surface area contributed by atoms with Crippen LogP contribution in [-0.4, -0.2) is 38.1 Å². The number of rotatable bonds is 4. The van der Waals surface area contributed by atoms with E-state index in [0.717, 1.165) is 0 Å². The van der Waals surface area contributed by atoms with Crippen LogP contribution < -0.4 is 10.1 Å². The average Bonchev–Trinajstić information content (AvgIpc) is 2.43. The predicted molar refractivity (Wildman–Crippen MR) is 65.2 cm³/mol. The SMILES string of the molecule is CNC(=O)c1cc(OC)cc(/C=C/C(=O)OC)n1. The molecule has 0 unspecified atom stereocenters. The van der Waals surface area contributed by atoms with Gasteiger partial charge in [-0.05, 0) is 6.08 Å². The zero-order valence-electron chi connectivity index (χ0n) is 10.4. The molecule has 0 aliphatic carbocycles. The highest BCUT2D eigenvalue weighted by molar-refractivity contribution is 5.93. The maximum atomic E-state index is 11.5. The van der Waals surface area contributed by atoms with Gasteiger partial charge >= 0.3 is 5.97 Å². The minimum absolute atomic E-state index is 0.210. The molecule has 0 aromatic carbocycles. The lowest BCUT2D eigenvalue weighted by Gasteiger charge is -2.05. The quantitative estimate of drug-likeness (QED) is 0.626. The summed E-state index contributed by atoms with van der Waals surface area (Å²) >= 11 is 0. The van der Waals surface area contributed by atoms with Crippen molar-refractivity contribution in [2.75, 3.05) is 21.3 Å². The predicted octanol–water partition coefficient (Wildman–Crippen LogP) is 0.636. The maximum absolute atomic E-state index is 11.5. The van der Waals surface area contributed by atoms with Crippen LogP contribution in [0, 0.1) is 0 Å². The second-order valence-electron chi connectivity index (χ2n) is 3.25. The van der Waals surface area contributed by atoms with Gasteiger partial charge in [-0.15, -0.1) is 0 Å². The summed E-state index contributed by atoms with van der Waals surface area (Å²) < 4.78 is 9.52. The van der Waals surface area contributed by atoms with Crippen molar-refractivity contribution in [1.29, 1.82) is 0 Å². The Kier molecular flexibility index (Phi) is 4.86. The molecule has 1 amide bonds. The summed E-state index contributed by atoms with van der Waals surface area (Å²) in [6.45, 7) is 0. The number of methoxy groups -OCH3 is 2. The molecule has 1 rings (SSSR count). The number of carbonyl (C=O) groups is 2. The number of carbonyl (C=O) groups excluding carboxylic acids is 2. The molecule has 0 aliphatic rings. The molecule has 1 heterocycles. The van der Waals surface area contributed by atoms with E-state index in [1.54, 1.807) is 6.07 Å². The van der Waals surface area contributed by atoms with E-state index in [0.29, 0.717) is 11.4 Å². The normalized spacial score (nSPS) is 10.2. The first kappa shape index (κ1) is 13.7. The zero-order valence-corrected chi connectivity index (χ0v) is 10.4. The van der Waals surface area contributed by atoms with E-state index in [1.807, 2.05) is 0 Å². The molecule has 0 bridgehead atoms. The highest BCUT2D eigenvalue weighted by atomic mass is 16.5. The van der Waals surface area contributed by atoms with Crippen LogP contribution in [0.15, 0.2) is 18.2 Å². The topological polar surface area (TPSA) is 77.5 Å². The molecule has 0 radical (unpaired) electrons. The summed E-state index contributed by atoms with van der Waals surface area (Å²) in [5, 5.41) is 2.46. The molecule has 0 aliphatic heterocycles. The number of pyridine rings is 1. The molecule has 0 saturated heterocycles. The van der Waals surface area contributed by atoms with Gasteiger partial charge in [0.2, 0.25) is 0 Å². The fourth-order valence-electron chi connectivity index (χ4n) is 1.19. The first-order valence-corrected chi connectivity index (χ1v) is 5.15. The summed E-state index contributed by atoms with van der Waals surface area (Å²) in [6.07, 6.45) is 2.66. The van der Waals surface area contributed by atoms with Crippen LogP contribution in [0.25, 0.3) is 6.08 Å². The lowest BCUT2D eigenvalue weighted by Crippen LogP contribution is -2.19. The van der Waals surface area contributed by atoms with Gasteiger partial charge in [0.1, 0.15) is 11.4 Å². The Morgan fingerprint density at radius 2 is 2.06 bits per heavy atom. The number of nitrogens with zero attached hydrogens (tertiary/aromatic N) is 1. The molecular formula is C12H14N2O4. The number of hydrogen-bond donors (Lipinski definition) is 1. The van der Waals surface area contributed by atoms with Crippen LogP contribution in [0.1, 0.15) is 16.2 Å². The van der Waals surface area contributed by atoms with Crippen LogP contribution in [0.2, 0.25) is 0 Å². The molecule has 1 aromatic rings. The van der Waals surface area contributed by atoms with Gasteiger partial charge < -0.3 is 14.8 Å². The molecule has 0 atom stereocenters. The number of hydrogen-bond acceptors (Lipinski definition) is 5. The summed E-state index contributed by atoms with van der Waals surface area (Å²) in [6, 6.07) is 3.11. The largest absolute Gasteiger partial charge is 0.497 e. The fourth-order valence-corrected chi connectivity index (χ4v) is 1.19. The van der Waals surface area contributed by atoms with E-state index < -0.39 is 5.97 Å². The van der Waals surface area contributed by atoms with E-state index in [-0.39, 0.29) is 11.6 Å². The van der Waals surface area contributed by atoms with Crippen LogP contribution in [0.5, 0.6) is 5.75 Å². The first-order chi connectivity index (χ1) is 8.60. The Morgan fingerprint density at radius 3 is 2.61 bits per heavy atom. The maximum Gasteiger partial charge on any atom is 0.330 e. The highest BCUT2D eigenvalue weighted by Crippen LogP contribution is 2.15. The van der Waals surface area contributed by atoms with Crippen molar-refractivity contribution in [3.8, 4) is 5.75 Å². The van der Waals surface area contributed by atoms with Gasteiger partial charge in [0.05, 0.1) is 19.9 Å². The summed E-state index contributed by atoms with van der Waals surface area (Å²) in [5.74, 6) is -0.351. The molecule has 1 aromatic heterocycles. The number of amides is 1. The van der Waals surface area contributed by atoms with Gasteiger partial charge in [-0.3, -0.25) is 4.79 Å². The van der Waals surface area contributed by atoms with E-state index in [4.69, 9.17) is 4.74 Å². The number of ether oxygens (including phenoxy) is 2. The van der Waals surface area contributed by atoms with Crippen LogP contribution in [-0.2, 0) is 9.53 Å². The van der Waals surface area contributed by atoms with E-state index in [9.17, 15) is 9.59 Å². The Hall–Kier alpha value is -2.37. The summed E-state index contributed by atoms with van der Waals surface area (Å²) in [4.78, 5) is 26.5. The second-order valence-corrected chi connectivity index (χ2v) is 3.25. The Morgan fingerprint density at radius 1 is 1.33 bits per heavy atom. The molecule has 96 valence electrons. The van der Waals surface area contributed by atoms with E-state index >= 15 is 0 Å². The molecule has 1 N–H and O–H groups in total. The van der Waals surface area contributed by atoms with Gasteiger partial charge in [-0.2, -0.15) is 0 Å². The van der Waals surface area contributed by atoms with Gasteiger partial charge in [0, 0.05) is 25.3 Å². The number of nitrogens with one attached hydrogen (secondary N) is 1. The smallest absolute Gasteiger partial charge is 0.330 e. The zero-order chi connectivity index (χ0) is 13.5. The molecule has 6 heteroatoms. The monoisotopic (exact) mass is 250 g/mol. The third-order valence-corrected chi connectivity index (χ3v) is 2.11. The van der Waals surface area contributed by atoms with Gasteiger partial charge in [0.25, 0.3) is 5.91 Å². The lowest BCUT2D eigenvalue weighted by atomic mass is 10.2. The van der Waals surface area contributed by atoms with Crippen molar-refractivity contribution in [2.24, 2.45) is 0 Å². The molecule has 0 saturated carbocycles. The second kappa shape index (κ2) is 6.39. The molecule has 0 spiro atoms. The number of aromatic nitrogens is 1. The summed E-state index contributed by atoms with van der Waals surface area (Å²) in [5.41, 5.74) is 0.639. The van der Waals surface area contributed by atoms with Crippen LogP contribution in [0.4, 0.5) is 0 Å². The Bertz CT molecular complexity index is 483. The number of esters is 1. The van der Waals surface area contributed by atoms with Gasteiger partial charge in [-0.25, -0.2) is 9.78 Å². The molecule has 18 heavy (non-hydrogen) atoms. The van der Waals surface area contributed by atoms with Crippen molar-refractivity contribution in [3.05, 3.63) is 29.6 Å². The van der Waals surface area contributed by atoms with E-state index in [1.165, 1.54) is 39.5 Å². The molecule has 0 fully saturated rings. The third-order valence-electron chi connectivity index (χ3n) is 2.11. The van der Waals surface area contributed by atoms with Crippen molar-refractivity contribution in [3.63, 3.8) is 0 Å². The molecule has 6 nitrogen and oxygen atoms in total. The Labute approximate surface area is 105 Å². The van der Waals surface area contributed by atoms with Gasteiger partial charge in [0.15, 0.2) is 0 Å². The first-order valence-electron chi connectivity index (χ1n) is 5.15. The fraction of sp³-hybridized carbons (Fsp3) is 0.250. The average molecular weight is 250 g/mol.